The lowest BCUT2D eigenvalue weighted by Crippen LogP contribution is -2.58. The summed E-state index contributed by atoms with van der Waals surface area (Å²) in [5.74, 6) is 1.36. The minimum absolute atomic E-state index is 0.444. The Bertz CT molecular complexity index is 452. The summed E-state index contributed by atoms with van der Waals surface area (Å²) in [5, 5.41) is 0. The summed E-state index contributed by atoms with van der Waals surface area (Å²) in [6, 6.07) is 0.779. The number of Topliss-reactive ketones (excluding diaryl/α,β-unsaturated/α-hetero) is 1. The molecule has 0 spiro atoms. The minimum atomic E-state index is 0.444. The number of hydrogen-bond acceptors (Lipinski definition) is 2. The van der Waals surface area contributed by atoms with Crippen molar-refractivity contribution in [3.8, 4) is 0 Å². The average molecular weight is 259 g/mol. The highest BCUT2D eigenvalue weighted by atomic mass is 16.1. The van der Waals surface area contributed by atoms with Gasteiger partial charge in [0.05, 0.1) is 0 Å². The van der Waals surface area contributed by atoms with Crippen molar-refractivity contribution in [2.45, 2.75) is 63.8 Å². The Morgan fingerprint density at radius 1 is 1.21 bits per heavy atom. The van der Waals surface area contributed by atoms with Crippen molar-refractivity contribution in [1.29, 1.82) is 0 Å². The van der Waals surface area contributed by atoms with Gasteiger partial charge in [0.25, 0.3) is 0 Å². The lowest BCUT2D eigenvalue weighted by molar-refractivity contribution is -0.120. The number of carbonyl (C=O) groups excluding carboxylic acids is 1. The van der Waals surface area contributed by atoms with Crippen LogP contribution in [-0.4, -0.2) is 30.3 Å². The van der Waals surface area contributed by atoms with Gasteiger partial charge in [-0.1, -0.05) is 24.0 Å². The molecule has 0 unspecified atom stereocenters. The molecular formula is C17H25NO. The molecule has 0 amide bonds. The first-order chi connectivity index (χ1) is 9.21. The predicted molar refractivity (Wildman–Crippen MR) is 75.9 cm³/mol. The molecule has 3 atom stereocenters. The van der Waals surface area contributed by atoms with Crippen molar-refractivity contribution in [2.24, 2.45) is 11.3 Å². The van der Waals surface area contributed by atoms with Crippen molar-refractivity contribution < 1.29 is 4.79 Å². The van der Waals surface area contributed by atoms with Gasteiger partial charge in [-0.3, -0.25) is 4.79 Å². The van der Waals surface area contributed by atoms with Gasteiger partial charge in [-0.2, -0.15) is 0 Å². The second kappa shape index (κ2) is 4.18. The Balaban J connectivity index is 1.82. The molecule has 104 valence electrons. The molecule has 4 aliphatic rings. The Morgan fingerprint density at radius 3 is 3.00 bits per heavy atom. The third kappa shape index (κ3) is 1.62. The Morgan fingerprint density at radius 2 is 2.11 bits per heavy atom. The van der Waals surface area contributed by atoms with E-state index in [0.29, 0.717) is 11.2 Å². The number of rotatable bonds is 0. The standard InChI is InChI=1S/C17H25NO/c1-18-9-8-17-7-3-2-4-14(17)16(18)10-12-5-6-13(19)11-15(12)17/h14,16H,2-11H2,1H3/t14-,16+,17-/m1/s1. The zero-order valence-corrected chi connectivity index (χ0v) is 12.1. The second-order valence-electron chi connectivity index (χ2n) is 7.31. The highest BCUT2D eigenvalue weighted by molar-refractivity contribution is 5.83. The Hall–Kier alpha value is -0.630. The van der Waals surface area contributed by atoms with Crippen LogP contribution >= 0.6 is 0 Å². The van der Waals surface area contributed by atoms with Crippen LogP contribution in [0.2, 0.25) is 0 Å². The van der Waals surface area contributed by atoms with Crippen LogP contribution in [0.3, 0.4) is 0 Å². The molecule has 4 rings (SSSR count). The van der Waals surface area contributed by atoms with Gasteiger partial charge >= 0.3 is 0 Å². The predicted octanol–water partition coefficient (Wildman–Crippen LogP) is 3.32. The summed E-state index contributed by atoms with van der Waals surface area (Å²) in [6.45, 7) is 1.24. The van der Waals surface area contributed by atoms with E-state index in [1.165, 1.54) is 45.1 Å². The van der Waals surface area contributed by atoms with E-state index in [9.17, 15) is 4.79 Å². The normalized spacial score (nSPS) is 42.9. The SMILES string of the molecule is CN1CC[C@]23CCCC[C@@H]2[C@@H]1CC1=C3CC(=O)CC1. The van der Waals surface area contributed by atoms with Crippen LogP contribution in [0, 0.1) is 11.3 Å². The molecule has 1 aliphatic heterocycles. The summed E-state index contributed by atoms with van der Waals surface area (Å²) in [6.07, 6.45) is 10.9. The first-order valence-electron chi connectivity index (χ1n) is 8.14. The van der Waals surface area contributed by atoms with Crippen LogP contribution in [-0.2, 0) is 4.79 Å². The van der Waals surface area contributed by atoms with Gasteiger partial charge < -0.3 is 4.90 Å². The van der Waals surface area contributed by atoms with Gasteiger partial charge in [0, 0.05) is 18.9 Å². The minimum Gasteiger partial charge on any atom is -0.303 e. The molecule has 1 saturated heterocycles. The maximum Gasteiger partial charge on any atom is 0.137 e. The zero-order valence-electron chi connectivity index (χ0n) is 12.1. The van der Waals surface area contributed by atoms with E-state index >= 15 is 0 Å². The molecule has 0 aromatic heterocycles. The van der Waals surface area contributed by atoms with Crippen LogP contribution in [0.4, 0.5) is 0 Å². The van der Waals surface area contributed by atoms with Crippen LogP contribution in [0.15, 0.2) is 11.1 Å². The van der Waals surface area contributed by atoms with E-state index < -0.39 is 0 Å². The third-order valence-electron chi connectivity index (χ3n) is 6.60. The maximum absolute atomic E-state index is 12.0. The molecule has 2 heteroatoms. The van der Waals surface area contributed by atoms with Crippen molar-refractivity contribution in [3.63, 3.8) is 0 Å². The van der Waals surface area contributed by atoms with Gasteiger partial charge in [0.1, 0.15) is 5.78 Å². The van der Waals surface area contributed by atoms with E-state index in [1.54, 1.807) is 11.1 Å². The van der Waals surface area contributed by atoms with Crippen molar-refractivity contribution in [1.82, 2.24) is 4.90 Å². The molecule has 2 fully saturated rings. The largest absolute Gasteiger partial charge is 0.303 e. The maximum atomic E-state index is 12.0. The summed E-state index contributed by atoms with van der Waals surface area (Å²) in [7, 11) is 2.32. The van der Waals surface area contributed by atoms with E-state index in [2.05, 4.69) is 11.9 Å². The number of nitrogens with zero attached hydrogens (tertiary/aromatic N) is 1. The molecule has 1 saturated carbocycles. The van der Waals surface area contributed by atoms with E-state index in [1.807, 2.05) is 0 Å². The van der Waals surface area contributed by atoms with Gasteiger partial charge in [0.15, 0.2) is 0 Å². The lowest BCUT2D eigenvalue weighted by atomic mass is 9.50. The van der Waals surface area contributed by atoms with Crippen molar-refractivity contribution >= 4 is 5.78 Å². The number of likely N-dealkylation sites (tertiary alicyclic amines) is 1. The van der Waals surface area contributed by atoms with Gasteiger partial charge in [-0.25, -0.2) is 0 Å². The highest BCUT2D eigenvalue weighted by Gasteiger charge is 2.54. The molecule has 1 heterocycles. The number of ketones is 1. The van der Waals surface area contributed by atoms with Gasteiger partial charge in [-0.15, -0.1) is 0 Å². The number of allylic oxidation sites excluding steroid dienone is 1. The molecule has 0 radical (unpaired) electrons. The van der Waals surface area contributed by atoms with Crippen molar-refractivity contribution in [2.75, 3.05) is 13.6 Å². The van der Waals surface area contributed by atoms with E-state index in [-0.39, 0.29) is 0 Å². The van der Waals surface area contributed by atoms with Crippen LogP contribution < -0.4 is 0 Å². The molecular weight excluding hydrogens is 234 g/mol. The average Bonchev–Trinajstić information content (AvgIpc) is 2.43. The molecule has 3 aliphatic carbocycles. The topological polar surface area (TPSA) is 20.3 Å². The lowest BCUT2D eigenvalue weighted by Gasteiger charge is -2.60. The summed E-state index contributed by atoms with van der Waals surface area (Å²) < 4.78 is 0. The molecule has 0 N–H and O–H groups in total. The summed E-state index contributed by atoms with van der Waals surface area (Å²) >= 11 is 0. The smallest absolute Gasteiger partial charge is 0.137 e. The summed E-state index contributed by atoms with van der Waals surface area (Å²) in [4.78, 5) is 14.6. The molecule has 2 nitrogen and oxygen atoms in total. The van der Waals surface area contributed by atoms with Gasteiger partial charge in [0.2, 0.25) is 0 Å². The summed E-state index contributed by atoms with van der Waals surface area (Å²) in [5.41, 5.74) is 3.77. The molecule has 19 heavy (non-hydrogen) atoms. The Kier molecular flexibility index (Phi) is 2.67. The third-order valence-corrected chi connectivity index (χ3v) is 6.60. The Labute approximate surface area is 116 Å². The van der Waals surface area contributed by atoms with Crippen LogP contribution in [0.1, 0.15) is 57.8 Å². The fraction of sp³-hybridized carbons (Fsp3) is 0.824. The monoisotopic (exact) mass is 259 g/mol. The molecule has 0 aromatic carbocycles. The quantitative estimate of drug-likeness (QED) is 0.622. The van der Waals surface area contributed by atoms with Crippen LogP contribution in [0.5, 0.6) is 0 Å². The fourth-order valence-electron chi connectivity index (χ4n) is 5.67. The van der Waals surface area contributed by atoms with E-state index in [0.717, 1.165) is 31.2 Å². The van der Waals surface area contributed by atoms with E-state index in [4.69, 9.17) is 0 Å². The first-order valence-corrected chi connectivity index (χ1v) is 8.14. The molecule has 2 bridgehead atoms. The second-order valence-corrected chi connectivity index (χ2v) is 7.31. The zero-order chi connectivity index (χ0) is 13.0. The number of piperidine rings is 1. The van der Waals surface area contributed by atoms with Crippen LogP contribution in [0.25, 0.3) is 0 Å². The molecule has 0 aromatic rings. The fourth-order valence-corrected chi connectivity index (χ4v) is 5.67. The first kappa shape index (κ1) is 12.1. The highest BCUT2D eigenvalue weighted by Crippen LogP contribution is 2.60. The van der Waals surface area contributed by atoms with Crippen molar-refractivity contribution in [3.05, 3.63) is 11.1 Å². The number of hydrogen-bond donors (Lipinski definition) is 0. The van der Waals surface area contributed by atoms with Gasteiger partial charge in [-0.05, 0) is 57.0 Å². The number of carbonyl (C=O) groups is 1.